The lowest BCUT2D eigenvalue weighted by molar-refractivity contribution is -0.137. The van der Waals surface area contributed by atoms with E-state index in [1.54, 1.807) is 0 Å². The van der Waals surface area contributed by atoms with E-state index >= 15 is 0 Å². The molecule has 0 aliphatic carbocycles. The minimum Gasteiger partial charge on any atom is -0.461 e. The third kappa shape index (κ3) is 6.67. The van der Waals surface area contributed by atoms with E-state index in [1.807, 2.05) is 12.1 Å². The minimum atomic E-state index is -4.39. The van der Waals surface area contributed by atoms with Crippen LogP contribution in [-0.4, -0.2) is 49.0 Å². The van der Waals surface area contributed by atoms with E-state index < -0.39 is 11.7 Å². The van der Waals surface area contributed by atoms with Gasteiger partial charge in [0.1, 0.15) is 12.4 Å². The predicted octanol–water partition coefficient (Wildman–Crippen LogP) is 5.98. The maximum atomic E-state index is 13.0. The zero-order valence-corrected chi connectivity index (χ0v) is 22.8. The molecule has 0 saturated carbocycles. The monoisotopic (exact) mass is 640 g/mol. The Balaban J connectivity index is 1.35. The van der Waals surface area contributed by atoms with Gasteiger partial charge in [0.05, 0.1) is 36.2 Å². The summed E-state index contributed by atoms with van der Waals surface area (Å²) in [4.78, 5) is 11.6. The van der Waals surface area contributed by atoms with Crippen molar-refractivity contribution in [2.75, 3.05) is 43.2 Å². The van der Waals surface area contributed by atoms with Gasteiger partial charge in [-0.2, -0.15) is 23.1 Å². The lowest BCUT2D eigenvalue weighted by Crippen LogP contribution is -2.32. The Morgan fingerprint density at radius 2 is 1.79 bits per heavy atom. The zero-order chi connectivity index (χ0) is 26.5. The second kappa shape index (κ2) is 12.0. The number of halogens is 4. The number of hydrogen-bond acceptors (Lipinski definition) is 7. The van der Waals surface area contributed by atoms with Gasteiger partial charge in [-0.25, -0.2) is 0 Å². The summed E-state index contributed by atoms with van der Waals surface area (Å²) in [6.07, 6.45) is -1.82. The van der Waals surface area contributed by atoms with Crippen LogP contribution in [0.15, 0.2) is 48.5 Å². The van der Waals surface area contributed by atoms with Crippen LogP contribution in [0.3, 0.4) is 0 Å². The molecular weight excluding hydrogens is 612 g/mol. The Morgan fingerprint density at radius 3 is 2.53 bits per heavy atom. The molecule has 1 saturated heterocycles. The van der Waals surface area contributed by atoms with Crippen LogP contribution >= 0.6 is 22.6 Å². The van der Waals surface area contributed by atoms with Crippen molar-refractivity contribution in [1.29, 1.82) is 0 Å². The minimum absolute atomic E-state index is 0.163. The summed E-state index contributed by atoms with van der Waals surface area (Å²) in [7, 11) is 0. The number of nitrogens with one attached hydrogen (secondary N) is 1. The van der Waals surface area contributed by atoms with Crippen molar-refractivity contribution in [2.24, 2.45) is 0 Å². The van der Waals surface area contributed by atoms with E-state index in [4.69, 9.17) is 19.2 Å². The molecule has 2 aliphatic rings. The standard InChI is InChI=1S/C27H28F3IN4O3/c28-27(29,30)18-5-7-19(8-6-18)32-25-21-9-12-35(24-4-2-1-3-22(24)31)17-23(21)33-26(34-25)38-16-15-37-20-10-13-36-14-11-20/h1-8,20H,9-17H2,(H,32,33,34). The van der Waals surface area contributed by atoms with Crippen LogP contribution in [-0.2, 0) is 28.6 Å². The number of alkyl halides is 3. The molecule has 1 aromatic heterocycles. The van der Waals surface area contributed by atoms with Gasteiger partial charge in [0.2, 0.25) is 0 Å². The van der Waals surface area contributed by atoms with Gasteiger partial charge in [0, 0.05) is 34.6 Å². The summed E-state index contributed by atoms with van der Waals surface area (Å²) >= 11 is 2.33. The second-order valence-corrected chi connectivity index (χ2v) is 10.3. The second-order valence-electron chi connectivity index (χ2n) is 9.13. The summed E-state index contributed by atoms with van der Waals surface area (Å²) < 4.78 is 57.3. The van der Waals surface area contributed by atoms with Gasteiger partial charge in [-0.05, 0) is 78.3 Å². The number of aromatic nitrogens is 2. The van der Waals surface area contributed by atoms with E-state index in [9.17, 15) is 13.2 Å². The predicted molar refractivity (Wildman–Crippen MR) is 146 cm³/mol. The number of rotatable bonds is 8. The van der Waals surface area contributed by atoms with Gasteiger partial charge in [0.15, 0.2) is 0 Å². The first kappa shape index (κ1) is 26.9. The average Bonchev–Trinajstić information content (AvgIpc) is 2.91. The number of benzene rings is 2. The number of nitrogens with zero attached hydrogens (tertiary/aromatic N) is 3. The van der Waals surface area contributed by atoms with Gasteiger partial charge in [-0.3, -0.25) is 0 Å². The molecule has 0 unspecified atom stereocenters. The Hall–Kier alpha value is -2.64. The fourth-order valence-electron chi connectivity index (χ4n) is 4.56. The van der Waals surface area contributed by atoms with Gasteiger partial charge in [0.25, 0.3) is 0 Å². The molecule has 0 spiro atoms. The summed E-state index contributed by atoms with van der Waals surface area (Å²) in [5, 5.41) is 3.20. The average molecular weight is 640 g/mol. The van der Waals surface area contributed by atoms with Crippen LogP contribution in [0.2, 0.25) is 0 Å². The lowest BCUT2D eigenvalue weighted by Gasteiger charge is -2.31. The normalized spacial score (nSPS) is 16.3. The molecule has 7 nitrogen and oxygen atoms in total. The quantitative estimate of drug-likeness (QED) is 0.240. The summed E-state index contributed by atoms with van der Waals surface area (Å²) in [6, 6.07) is 13.3. The van der Waals surface area contributed by atoms with E-state index in [2.05, 4.69) is 49.9 Å². The van der Waals surface area contributed by atoms with Crippen LogP contribution < -0.4 is 15.0 Å². The van der Waals surface area contributed by atoms with E-state index in [0.29, 0.717) is 44.3 Å². The molecule has 0 radical (unpaired) electrons. The number of para-hydroxylation sites is 1. The van der Waals surface area contributed by atoms with Crippen LogP contribution in [0.25, 0.3) is 0 Å². The summed E-state index contributed by atoms with van der Waals surface area (Å²) in [6.45, 7) is 3.42. The highest BCUT2D eigenvalue weighted by atomic mass is 127. The third-order valence-electron chi connectivity index (χ3n) is 6.55. The van der Waals surface area contributed by atoms with Gasteiger partial charge in [-0.15, -0.1) is 0 Å². The molecule has 38 heavy (non-hydrogen) atoms. The molecule has 1 N–H and O–H groups in total. The van der Waals surface area contributed by atoms with Gasteiger partial charge < -0.3 is 24.4 Å². The van der Waals surface area contributed by atoms with Gasteiger partial charge >= 0.3 is 12.2 Å². The number of hydrogen-bond donors (Lipinski definition) is 1. The number of ether oxygens (including phenoxy) is 3. The van der Waals surface area contributed by atoms with E-state index in [1.165, 1.54) is 12.1 Å². The maximum absolute atomic E-state index is 13.0. The van der Waals surface area contributed by atoms with Crippen LogP contribution in [0.1, 0.15) is 29.7 Å². The molecule has 202 valence electrons. The maximum Gasteiger partial charge on any atom is 0.416 e. The molecule has 0 atom stereocenters. The molecular formula is C27H28F3IN4O3. The molecule has 2 aromatic carbocycles. The molecule has 2 aliphatic heterocycles. The molecule has 11 heteroatoms. The Morgan fingerprint density at radius 1 is 1.03 bits per heavy atom. The van der Waals surface area contributed by atoms with Crippen molar-refractivity contribution in [3.05, 3.63) is 68.9 Å². The third-order valence-corrected chi connectivity index (χ3v) is 7.46. The molecule has 1 fully saturated rings. The Labute approximate surface area is 232 Å². The first-order chi connectivity index (χ1) is 18.4. The first-order valence-corrected chi connectivity index (χ1v) is 13.6. The van der Waals surface area contributed by atoms with Crippen molar-refractivity contribution in [1.82, 2.24) is 9.97 Å². The van der Waals surface area contributed by atoms with Crippen molar-refractivity contribution in [3.63, 3.8) is 0 Å². The SMILES string of the molecule is FC(F)(F)c1ccc(Nc2nc(OCCOC3CCOCC3)nc3c2CCN(c2ccccc2I)C3)cc1. The van der Waals surface area contributed by atoms with Crippen molar-refractivity contribution >= 4 is 39.8 Å². The highest BCUT2D eigenvalue weighted by Gasteiger charge is 2.30. The largest absolute Gasteiger partial charge is 0.461 e. The fourth-order valence-corrected chi connectivity index (χ4v) is 5.29. The molecule has 0 amide bonds. The zero-order valence-electron chi connectivity index (χ0n) is 20.6. The summed E-state index contributed by atoms with van der Waals surface area (Å²) in [5.41, 5.74) is 2.68. The highest BCUT2D eigenvalue weighted by molar-refractivity contribution is 14.1. The first-order valence-electron chi connectivity index (χ1n) is 12.5. The van der Waals surface area contributed by atoms with Crippen molar-refractivity contribution < 1.29 is 27.4 Å². The molecule has 0 bridgehead atoms. The summed E-state index contributed by atoms with van der Waals surface area (Å²) in [5.74, 6) is 0.539. The number of anilines is 3. The van der Waals surface area contributed by atoms with Crippen LogP contribution in [0.5, 0.6) is 6.01 Å². The molecule has 5 rings (SSSR count). The topological polar surface area (TPSA) is 68.7 Å². The van der Waals surface area contributed by atoms with E-state index in [-0.39, 0.29) is 18.7 Å². The van der Waals surface area contributed by atoms with E-state index in [0.717, 1.165) is 52.0 Å². The molecule has 3 aromatic rings. The smallest absolute Gasteiger partial charge is 0.416 e. The highest BCUT2D eigenvalue weighted by Crippen LogP contribution is 2.34. The van der Waals surface area contributed by atoms with Crippen molar-refractivity contribution in [2.45, 2.75) is 38.1 Å². The van der Waals surface area contributed by atoms with Crippen LogP contribution in [0.4, 0.5) is 30.4 Å². The van der Waals surface area contributed by atoms with Gasteiger partial charge in [-0.1, -0.05) is 12.1 Å². The lowest BCUT2D eigenvalue weighted by atomic mass is 10.0. The molecule has 3 heterocycles. The Bertz CT molecular complexity index is 1240. The van der Waals surface area contributed by atoms with Crippen LogP contribution in [0, 0.1) is 3.57 Å². The number of fused-ring (bicyclic) bond motifs is 1. The fraction of sp³-hybridized carbons (Fsp3) is 0.407. The Kier molecular flexibility index (Phi) is 8.54. The van der Waals surface area contributed by atoms with Crippen molar-refractivity contribution in [3.8, 4) is 6.01 Å².